The number of rotatable bonds is 3. The lowest BCUT2D eigenvalue weighted by molar-refractivity contribution is 0.0756. The van der Waals surface area contributed by atoms with E-state index in [-0.39, 0.29) is 5.91 Å². The highest BCUT2D eigenvalue weighted by Gasteiger charge is 2.17. The Morgan fingerprint density at radius 3 is 2.76 bits per heavy atom. The Balaban J connectivity index is 1.82. The molecule has 0 fully saturated rings. The van der Waals surface area contributed by atoms with Gasteiger partial charge >= 0.3 is 0 Å². The van der Waals surface area contributed by atoms with Gasteiger partial charge in [-0.1, -0.05) is 0 Å². The second-order valence-electron chi connectivity index (χ2n) is 4.92. The lowest BCUT2D eigenvalue weighted by atomic mass is 10.2. The van der Waals surface area contributed by atoms with E-state index in [1.807, 2.05) is 12.1 Å². The maximum Gasteiger partial charge on any atom is 0.289 e. The van der Waals surface area contributed by atoms with Crippen molar-refractivity contribution in [3.05, 3.63) is 60.1 Å². The SMILES string of the molecule is CN(Cc1ccncc1)C(=O)c1cc2cc(N)ccc2o1. The first kappa shape index (κ1) is 13.2. The van der Waals surface area contributed by atoms with Gasteiger partial charge in [0.15, 0.2) is 5.76 Å². The van der Waals surface area contributed by atoms with Crippen LogP contribution in [0.25, 0.3) is 11.0 Å². The molecule has 0 aliphatic heterocycles. The van der Waals surface area contributed by atoms with Crippen LogP contribution in [0.5, 0.6) is 0 Å². The van der Waals surface area contributed by atoms with Crippen molar-refractivity contribution >= 4 is 22.6 Å². The molecule has 106 valence electrons. The summed E-state index contributed by atoms with van der Waals surface area (Å²) >= 11 is 0. The van der Waals surface area contributed by atoms with Gasteiger partial charge in [-0.05, 0) is 42.0 Å². The highest BCUT2D eigenvalue weighted by Crippen LogP contribution is 2.22. The van der Waals surface area contributed by atoms with E-state index >= 15 is 0 Å². The molecule has 21 heavy (non-hydrogen) atoms. The van der Waals surface area contributed by atoms with Crippen LogP contribution in [0.15, 0.2) is 53.2 Å². The van der Waals surface area contributed by atoms with Gasteiger partial charge in [-0.25, -0.2) is 0 Å². The summed E-state index contributed by atoms with van der Waals surface area (Å²) in [5, 5.41) is 0.829. The minimum absolute atomic E-state index is 0.165. The largest absolute Gasteiger partial charge is 0.451 e. The fourth-order valence-corrected chi connectivity index (χ4v) is 2.19. The van der Waals surface area contributed by atoms with Gasteiger partial charge in [-0.2, -0.15) is 0 Å². The van der Waals surface area contributed by atoms with Crippen LogP contribution in [0.1, 0.15) is 16.1 Å². The Hall–Kier alpha value is -2.82. The number of nitrogens with two attached hydrogens (primary N) is 1. The zero-order valence-electron chi connectivity index (χ0n) is 11.6. The van der Waals surface area contributed by atoms with Crippen molar-refractivity contribution in [3.63, 3.8) is 0 Å². The van der Waals surface area contributed by atoms with Crippen molar-refractivity contribution in [1.82, 2.24) is 9.88 Å². The van der Waals surface area contributed by atoms with Crippen LogP contribution >= 0.6 is 0 Å². The van der Waals surface area contributed by atoms with E-state index in [1.54, 1.807) is 48.6 Å². The Kier molecular flexibility index (Phi) is 3.31. The maximum atomic E-state index is 12.4. The van der Waals surface area contributed by atoms with E-state index < -0.39 is 0 Å². The first-order valence-corrected chi connectivity index (χ1v) is 6.57. The van der Waals surface area contributed by atoms with Crippen LogP contribution in [0.3, 0.4) is 0 Å². The zero-order valence-corrected chi connectivity index (χ0v) is 11.6. The number of nitrogens with zero attached hydrogens (tertiary/aromatic N) is 2. The fourth-order valence-electron chi connectivity index (χ4n) is 2.19. The van der Waals surface area contributed by atoms with Crippen LogP contribution in [-0.4, -0.2) is 22.8 Å². The minimum Gasteiger partial charge on any atom is -0.451 e. The highest BCUT2D eigenvalue weighted by molar-refractivity contribution is 5.96. The molecule has 3 rings (SSSR count). The van der Waals surface area contributed by atoms with Crippen molar-refractivity contribution in [2.45, 2.75) is 6.54 Å². The Morgan fingerprint density at radius 1 is 1.24 bits per heavy atom. The predicted molar refractivity (Wildman–Crippen MR) is 80.7 cm³/mol. The van der Waals surface area contributed by atoms with Crippen molar-refractivity contribution in [2.75, 3.05) is 12.8 Å². The van der Waals surface area contributed by atoms with Crippen LogP contribution in [0.4, 0.5) is 5.69 Å². The number of carbonyl (C=O) groups excluding carboxylic acids is 1. The van der Waals surface area contributed by atoms with Crippen molar-refractivity contribution in [1.29, 1.82) is 0 Å². The maximum absolute atomic E-state index is 12.4. The first-order chi connectivity index (χ1) is 10.1. The molecule has 3 aromatic rings. The molecule has 0 bridgehead atoms. The molecule has 0 saturated heterocycles. The third-order valence-corrected chi connectivity index (χ3v) is 3.27. The van der Waals surface area contributed by atoms with Gasteiger partial charge in [0.05, 0.1) is 0 Å². The van der Waals surface area contributed by atoms with Gasteiger partial charge in [-0.3, -0.25) is 9.78 Å². The van der Waals surface area contributed by atoms with Gasteiger partial charge in [-0.15, -0.1) is 0 Å². The number of hydrogen-bond acceptors (Lipinski definition) is 4. The molecule has 1 aromatic carbocycles. The Morgan fingerprint density at radius 2 is 2.00 bits per heavy atom. The van der Waals surface area contributed by atoms with Crippen LogP contribution in [0, 0.1) is 0 Å². The van der Waals surface area contributed by atoms with E-state index in [0.717, 1.165) is 10.9 Å². The number of furan rings is 1. The van der Waals surface area contributed by atoms with E-state index in [4.69, 9.17) is 10.2 Å². The molecule has 0 atom stereocenters. The summed E-state index contributed by atoms with van der Waals surface area (Å²) in [7, 11) is 1.74. The van der Waals surface area contributed by atoms with Crippen LogP contribution in [0.2, 0.25) is 0 Å². The molecule has 2 aromatic heterocycles. The number of nitrogen functional groups attached to an aromatic ring is 1. The summed E-state index contributed by atoms with van der Waals surface area (Å²) in [4.78, 5) is 18.0. The summed E-state index contributed by atoms with van der Waals surface area (Å²) in [6.45, 7) is 0.501. The molecular weight excluding hydrogens is 266 g/mol. The number of anilines is 1. The quantitative estimate of drug-likeness (QED) is 0.749. The van der Waals surface area contributed by atoms with Gasteiger partial charge in [0, 0.05) is 37.1 Å². The topological polar surface area (TPSA) is 72.4 Å². The summed E-state index contributed by atoms with van der Waals surface area (Å²) in [6, 6.07) is 10.8. The van der Waals surface area contributed by atoms with Gasteiger partial charge < -0.3 is 15.1 Å². The second kappa shape index (κ2) is 5.28. The molecule has 0 spiro atoms. The average Bonchev–Trinajstić information content (AvgIpc) is 2.90. The van der Waals surface area contributed by atoms with E-state index in [1.165, 1.54) is 0 Å². The molecule has 0 aliphatic carbocycles. The third kappa shape index (κ3) is 2.72. The Labute approximate surface area is 122 Å². The summed E-state index contributed by atoms with van der Waals surface area (Å²) in [5.41, 5.74) is 8.05. The van der Waals surface area contributed by atoms with E-state index in [0.29, 0.717) is 23.6 Å². The minimum atomic E-state index is -0.165. The molecule has 0 radical (unpaired) electrons. The number of aromatic nitrogens is 1. The molecule has 0 saturated carbocycles. The van der Waals surface area contributed by atoms with Gasteiger partial charge in [0.25, 0.3) is 5.91 Å². The fraction of sp³-hybridized carbons (Fsp3) is 0.125. The van der Waals surface area contributed by atoms with Gasteiger partial charge in [0.2, 0.25) is 0 Å². The lowest BCUT2D eigenvalue weighted by Crippen LogP contribution is -2.25. The normalized spacial score (nSPS) is 10.7. The first-order valence-electron chi connectivity index (χ1n) is 6.57. The number of hydrogen-bond donors (Lipinski definition) is 1. The van der Waals surface area contributed by atoms with Crippen LogP contribution < -0.4 is 5.73 Å². The van der Waals surface area contributed by atoms with E-state index in [9.17, 15) is 4.79 Å². The number of benzene rings is 1. The summed E-state index contributed by atoms with van der Waals surface area (Å²) in [6.07, 6.45) is 3.41. The molecule has 0 aliphatic rings. The van der Waals surface area contributed by atoms with Crippen LogP contribution in [-0.2, 0) is 6.54 Å². The molecule has 2 heterocycles. The molecule has 2 N–H and O–H groups in total. The number of fused-ring (bicyclic) bond motifs is 1. The monoisotopic (exact) mass is 281 g/mol. The smallest absolute Gasteiger partial charge is 0.289 e. The number of carbonyl (C=O) groups is 1. The molecular formula is C16H15N3O2. The van der Waals surface area contributed by atoms with Crippen molar-refractivity contribution < 1.29 is 9.21 Å². The average molecular weight is 281 g/mol. The van der Waals surface area contributed by atoms with Crippen molar-refractivity contribution in [2.24, 2.45) is 0 Å². The van der Waals surface area contributed by atoms with Crippen molar-refractivity contribution in [3.8, 4) is 0 Å². The van der Waals surface area contributed by atoms with E-state index in [2.05, 4.69) is 4.98 Å². The molecule has 1 amide bonds. The lowest BCUT2D eigenvalue weighted by Gasteiger charge is -2.15. The second-order valence-corrected chi connectivity index (χ2v) is 4.92. The molecule has 5 heteroatoms. The third-order valence-electron chi connectivity index (χ3n) is 3.27. The molecule has 5 nitrogen and oxygen atoms in total. The summed E-state index contributed by atoms with van der Waals surface area (Å²) in [5.74, 6) is 0.147. The summed E-state index contributed by atoms with van der Waals surface area (Å²) < 4.78 is 5.58. The predicted octanol–water partition coefficient (Wildman–Crippen LogP) is 2.68. The number of amides is 1. The Bertz CT molecular complexity index is 781. The standard InChI is InChI=1S/C16H15N3O2/c1-19(10-11-4-6-18-7-5-11)16(20)15-9-12-8-13(17)2-3-14(12)21-15/h2-9H,10,17H2,1H3. The zero-order chi connectivity index (χ0) is 14.8. The van der Waals surface area contributed by atoms with Gasteiger partial charge in [0.1, 0.15) is 5.58 Å². The number of pyridine rings is 1. The highest BCUT2D eigenvalue weighted by atomic mass is 16.3. The molecule has 0 unspecified atom stereocenters.